The van der Waals surface area contributed by atoms with Crippen LogP contribution in [0, 0.1) is 13.8 Å². The van der Waals surface area contributed by atoms with Crippen LogP contribution in [0.1, 0.15) is 70.5 Å². The van der Waals surface area contributed by atoms with E-state index in [1.807, 2.05) is 0 Å². The summed E-state index contributed by atoms with van der Waals surface area (Å²) < 4.78 is 7.17. The van der Waals surface area contributed by atoms with E-state index in [0.29, 0.717) is 35.0 Å². The van der Waals surface area contributed by atoms with Crippen molar-refractivity contribution in [1.82, 2.24) is 19.7 Å². The third-order valence-corrected chi connectivity index (χ3v) is 5.50. The molecule has 0 aliphatic heterocycles. The standard InChI is InChI=1S/C18H24N4O3S/c1-5-22-16(12-7-8-12)20-21-18(22)26-9-13(23)15-10(3)14(11(4)19-15)17(24)25-6-2/h12,19H,5-9H2,1-4H3. The molecule has 0 bridgehead atoms. The summed E-state index contributed by atoms with van der Waals surface area (Å²) in [4.78, 5) is 27.8. The van der Waals surface area contributed by atoms with E-state index in [-0.39, 0.29) is 11.5 Å². The zero-order valence-electron chi connectivity index (χ0n) is 15.6. The summed E-state index contributed by atoms with van der Waals surface area (Å²) in [7, 11) is 0. The third-order valence-electron chi connectivity index (χ3n) is 4.53. The first-order chi connectivity index (χ1) is 12.5. The van der Waals surface area contributed by atoms with Crippen molar-refractivity contribution in [2.75, 3.05) is 12.4 Å². The van der Waals surface area contributed by atoms with Crippen LogP contribution in [0.4, 0.5) is 0 Å². The number of nitrogens with one attached hydrogen (secondary N) is 1. The quantitative estimate of drug-likeness (QED) is 0.432. The fourth-order valence-corrected chi connectivity index (χ4v) is 3.97. The van der Waals surface area contributed by atoms with Crippen molar-refractivity contribution in [3.63, 3.8) is 0 Å². The van der Waals surface area contributed by atoms with E-state index in [2.05, 4.69) is 26.7 Å². The third kappa shape index (κ3) is 3.56. The Bertz CT molecular complexity index is 836. The van der Waals surface area contributed by atoms with Crippen LogP contribution in [0.25, 0.3) is 0 Å². The molecule has 7 nitrogen and oxygen atoms in total. The summed E-state index contributed by atoms with van der Waals surface area (Å²) in [5.41, 5.74) is 2.21. The van der Waals surface area contributed by atoms with Gasteiger partial charge in [0.15, 0.2) is 10.9 Å². The molecule has 2 aromatic heterocycles. The highest BCUT2D eigenvalue weighted by Crippen LogP contribution is 2.40. The second kappa shape index (κ2) is 7.65. The van der Waals surface area contributed by atoms with Gasteiger partial charge < -0.3 is 14.3 Å². The summed E-state index contributed by atoms with van der Waals surface area (Å²) in [5, 5.41) is 9.31. The Morgan fingerprint density at radius 1 is 1.27 bits per heavy atom. The highest BCUT2D eigenvalue weighted by Gasteiger charge is 2.30. The van der Waals surface area contributed by atoms with E-state index in [1.165, 1.54) is 24.6 Å². The molecule has 140 valence electrons. The zero-order valence-corrected chi connectivity index (χ0v) is 16.4. The number of H-pyrrole nitrogens is 1. The molecule has 0 unspecified atom stereocenters. The molecule has 1 aliphatic rings. The first-order valence-electron chi connectivity index (χ1n) is 8.93. The van der Waals surface area contributed by atoms with E-state index in [0.717, 1.165) is 17.5 Å². The van der Waals surface area contributed by atoms with E-state index < -0.39 is 5.97 Å². The number of aryl methyl sites for hydroxylation is 1. The van der Waals surface area contributed by atoms with Crippen LogP contribution in [-0.2, 0) is 11.3 Å². The number of rotatable bonds is 8. The largest absolute Gasteiger partial charge is 0.462 e. The minimum absolute atomic E-state index is 0.0650. The Hall–Kier alpha value is -2.09. The second-order valence-corrected chi connectivity index (χ2v) is 7.36. The molecular weight excluding hydrogens is 352 g/mol. The van der Waals surface area contributed by atoms with Crippen LogP contribution in [0.2, 0.25) is 0 Å². The van der Waals surface area contributed by atoms with Crippen molar-refractivity contribution >= 4 is 23.5 Å². The van der Waals surface area contributed by atoms with E-state index in [4.69, 9.17) is 4.74 Å². The van der Waals surface area contributed by atoms with Gasteiger partial charge in [-0.25, -0.2) is 4.79 Å². The van der Waals surface area contributed by atoms with Gasteiger partial charge in [-0.3, -0.25) is 4.79 Å². The molecule has 1 N–H and O–H groups in total. The molecule has 2 heterocycles. The van der Waals surface area contributed by atoms with Crippen LogP contribution in [0.5, 0.6) is 0 Å². The van der Waals surface area contributed by atoms with Gasteiger partial charge in [0.25, 0.3) is 0 Å². The van der Waals surface area contributed by atoms with Gasteiger partial charge in [0, 0.05) is 18.2 Å². The number of thioether (sulfide) groups is 1. The van der Waals surface area contributed by atoms with Crippen LogP contribution < -0.4 is 0 Å². The number of aromatic nitrogens is 4. The molecular formula is C18H24N4O3S. The Balaban J connectivity index is 1.73. The number of aromatic amines is 1. The molecule has 0 radical (unpaired) electrons. The van der Waals surface area contributed by atoms with Crippen molar-refractivity contribution in [3.8, 4) is 0 Å². The van der Waals surface area contributed by atoms with Crippen molar-refractivity contribution in [2.24, 2.45) is 0 Å². The normalized spacial score (nSPS) is 13.8. The molecule has 26 heavy (non-hydrogen) atoms. The number of carbonyl (C=O) groups is 2. The van der Waals surface area contributed by atoms with E-state index >= 15 is 0 Å². The van der Waals surface area contributed by atoms with Crippen LogP contribution in [0.3, 0.4) is 0 Å². The number of Topliss-reactive ketones (excluding diaryl/α,β-unsaturated/α-hetero) is 1. The summed E-state index contributed by atoms with van der Waals surface area (Å²) in [6.45, 7) is 8.47. The number of ether oxygens (including phenoxy) is 1. The van der Waals surface area contributed by atoms with Gasteiger partial charge in [-0.1, -0.05) is 11.8 Å². The van der Waals surface area contributed by atoms with Gasteiger partial charge in [0.2, 0.25) is 0 Å². The lowest BCUT2D eigenvalue weighted by atomic mass is 10.1. The van der Waals surface area contributed by atoms with Crippen LogP contribution in [0.15, 0.2) is 5.16 Å². The molecule has 1 saturated carbocycles. The molecule has 0 atom stereocenters. The number of esters is 1. The number of ketones is 1. The molecule has 3 rings (SSSR count). The van der Waals surface area contributed by atoms with Crippen molar-refractivity contribution in [2.45, 2.75) is 58.2 Å². The topological polar surface area (TPSA) is 89.9 Å². The predicted molar refractivity (Wildman–Crippen MR) is 98.9 cm³/mol. The number of hydrogen-bond acceptors (Lipinski definition) is 6. The fourth-order valence-electron chi connectivity index (χ4n) is 3.09. The van der Waals surface area contributed by atoms with Crippen molar-refractivity contribution in [3.05, 3.63) is 28.3 Å². The van der Waals surface area contributed by atoms with Crippen molar-refractivity contribution < 1.29 is 14.3 Å². The lowest BCUT2D eigenvalue weighted by molar-refractivity contribution is 0.0525. The average Bonchev–Trinajstić information content (AvgIpc) is 3.30. The monoisotopic (exact) mass is 376 g/mol. The minimum atomic E-state index is -0.398. The van der Waals surface area contributed by atoms with Crippen LogP contribution in [-0.4, -0.2) is 43.9 Å². The Morgan fingerprint density at radius 3 is 2.62 bits per heavy atom. The van der Waals surface area contributed by atoms with E-state index in [1.54, 1.807) is 20.8 Å². The first kappa shape index (κ1) is 18.7. The minimum Gasteiger partial charge on any atom is -0.462 e. The summed E-state index contributed by atoms with van der Waals surface area (Å²) in [5.74, 6) is 1.33. The maximum atomic E-state index is 12.7. The van der Waals surface area contributed by atoms with Gasteiger partial charge >= 0.3 is 5.97 Å². The summed E-state index contributed by atoms with van der Waals surface area (Å²) in [6.07, 6.45) is 2.33. The smallest absolute Gasteiger partial charge is 0.340 e. The first-order valence-corrected chi connectivity index (χ1v) is 9.91. The lowest BCUT2D eigenvalue weighted by Gasteiger charge is -2.06. The van der Waals surface area contributed by atoms with Gasteiger partial charge in [0.05, 0.1) is 23.6 Å². The predicted octanol–water partition coefficient (Wildman–Crippen LogP) is 3.27. The molecule has 2 aromatic rings. The summed E-state index contributed by atoms with van der Waals surface area (Å²) in [6, 6.07) is 0. The molecule has 0 saturated heterocycles. The summed E-state index contributed by atoms with van der Waals surface area (Å²) >= 11 is 1.39. The fraction of sp³-hybridized carbons (Fsp3) is 0.556. The zero-order chi connectivity index (χ0) is 18.8. The molecule has 1 fully saturated rings. The second-order valence-electron chi connectivity index (χ2n) is 6.42. The average molecular weight is 376 g/mol. The van der Waals surface area contributed by atoms with Gasteiger partial charge in [-0.2, -0.15) is 0 Å². The lowest BCUT2D eigenvalue weighted by Crippen LogP contribution is -2.09. The highest BCUT2D eigenvalue weighted by atomic mass is 32.2. The molecule has 1 aliphatic carbocycles. The number of nitrogens with zero attached hydrogens (tertiary/aromatic N) is 3. The highest BCUT2D eigenvalue weighted by molar-refractivity contribution is 7.99. The van der Waals surface area contributed by atoms with Crippen LogP contribution >= 0.6 is 11.8 Å². The molecule has 0 aromatic carbocycles. The Labute approximate surface area is 156 Å². The van der Waals surface area contributed by atoms with Crippen molar-refractivity contribution in [1.29, 1.82) is 0 Å². The van der Waals surface area contributed by atoms with Gasteiger partial charge in [-0.05, 0) is 46.1 Å². The number of carbonyl (C=O) groups excluding carboxylic acids is 2. The molecule has 8 heteroatoms. The van der Waals surface area contributed by atoms with Gasteiger partial charge in [0.1, 0.15) is 5.82 Å². The molecule has 0 amide bonds. The Morgan fingerprint density at radius 2 is 2.00 bits per heavy atom. The maximum Gasteiger partial charge on any atom is 0.340 e. The van der Waals surface area contributed by atoms with E-state index in [9.17, 15) is 9.59 Å². The Kier molecular flexibility index (Phi) is 5.50. The van der Waals surface area contributed by atoms with Gasteiger partial charge in [-0.15, -0.1) is 10.2 Å². The SMILES string of the molecule is CCOC(=O)c1c(C)[nH]c(C(=O)CSc2nnc(C3CC3)n2CC)c1C. The number of hydrogen-bond donors (Lipinski definition) is 1. The molecule has 0 spiro atoms. The maximum absolute atomic E-state index is 12.7.